The summed E-state index contributed by atoms with van der Waals surface area (Å²) in [5.74, 6) is -0.707. The molecule has 0 rings (SSSR count). The lowest BCUT2D eigenvalue weighted by molar-refractivity contribution is -0.159. The molecule has 0 aromatic rings. The molecule has 0 saturated heterocycles. The van der Waals surface area contributed by atoms with Crippen molar-refractivity contribution in [2.24, 2.45) is 11.8 Å². The normalized spacial score (nSPS) is 14.6. The standard InChI is InChI=1S/C10H18O2/c1-7(2)8(3)9(11)12-10(4,5)6/h3,7-8H,1-2,4-6H3. The molecule has 0 saturated carbocycles. The molecule has 0 aromatic carbocycles. The number of esters is 1. The maximum Gasteiger partial charge on any atom is 0.310 e. The van der Waals surface area contributed by atoms with E-state index in [0.29, 0.717) is 0 Å². The monoisotopic (exact) mass is 170 g/mol. The van der Waals surface area contributed by atoms with Crippen molar-refractivity contribution in [2.75, 3.05) is 0 Å². The second kappa shape index (κ2) is 3.92. The fourth-order valence-electron chi connectivity index (χ4n) is 0.642. The van der Waals surface area contributed by atoms with E-state index in [2.05, 4.69) is 0 Å². The fourth-order valence-corrected chi connectivity index (χ4v) is 0.642. The van der Waals surface area contributed by atoms with Crippen molar-refractivity contribution in [1.82, 2.24) is 0 Å². The lowest BCUT2D eigenvalue weighted by Gasteiger charge is -2.23. The van der Waals surface area contributed by atoms with Gasteiger partial charge < -0.3 is 4.74 Å². The van der Waals surface area contributed by atoms with Gasteiger partial charge in [0.15, 0.2) is 0 Å². The maximum atomic E-state index is 11.3. The number of carbonyl (C=O) groups is 1. The van der Waals surface area contributed by atoms with E-state index in [9.17, 15) is 4.79 Å². The van der Waals surface area contributed by atoms with E-state index < -0.39 is 11.5 Å². The van der Waals surface area contributed by atoms with E-state index >= 15 is 0 Å². The Hall–Kier alpha value is -0.530. The topological polar surface area (TPSA) is 26.3 Å². The van der Waals surface area contributed by atoms with Gasteiger partial charge in [-0.05, 0) is 33.6 Å². The van der Waals surface area contributed by atoms with Crippen molar-refractivity contribution in [3.05, 3.63) is 6.92 Å². The second-order valence-electron chi connectivity index (χ2n) is 4.30. The summed E-state index contributed by atoms with van der Waals surface area (Å²) in [5.41, 5.74) is -0.441. The van der Waals surface area contributed by atoms with Gasteiger partial charge in [0.1, 0.15) is 5.60 Å². The van der Waals surface area contributed by atoms with E-state index in [1.54, 1.807) is 0 Å². The van der Waals surface area contributed by atoms with Crippen LogP contribution in [0, 0.1) is 18.8 Å². The summed E-state index contributed by atoms with van der Waals surface area (Å²) < 4.78 is 5.10. The zero-order valence-corrected chi connectivity index (χ0v) is 8.55. The first-order valence-electron chi connectivity index (χ1n) is 4.22. The third kappa shape index (κ3) is 4.37. The van der Waals surface area contributed by atoms with Gasteiger partial charge in [0.2, 0.25) is 0 Å². The Balaban J connectivity index is 4.05. The van der Waals surface area contributed by atoms with Crippen LogP contribution in [-0.2, 0) is 9.53 Å². The van der Waals surface area contributed by atoms with Crippen LogP contribution in [0.2, 0.25) is 0 Å². The average Bonchev–Trinajstić information content (AvgIpc) is 1.82. The van der Waals surface area contributed by atoms with Crippen molar-refractivity contribution in [3.8, 4) is 0 Å². The summed E-state index contributed by atoms with van der Waals surface area (Å²) in [6, 6.07) is 0. The highest BCUT2D eigenvalue weighted by atomic mass is 16.6. The summed E-state index contributed by atoms with van der Waals surface area (Å²) >= 11 is 0. The van der Waals surface area contributed by atoms with Crippen LogP contribution in [0.4, 0.5) is 0 Å². The Kier molecular flexibility index (Phi) is 3.75. The average molecular weight is 170 g/mol. The Morgan fingerprint density at radius 3 is 2.00 bits per heavy atom. The van der Waals surface area contributed by atoms with Crippen LogP contribution in [0.3, 0.4) is 0 Å². The van der Waals surface area contributed by atoms with Gasteiger partial charge in [0.25, 0.3) is 0 Å². The van der Waals surface area contributed by atoms with Gasteiger partial charge in [-0.25, -0.2) is 0 Å². The molecule has 0 N–H and O–H groups in total. The minimum atomic E-state index is -0.510. The van der Waals surface area contributed by atoms with E-state index in [1.165, 1.54) is 0 Å². The van der Waals surface area contributed by atoms with Crippen LogP contribution in [0.15, 0.2) is 0 Å². The molecule has 70 valence electrons. The second-order valence-corrected chi connectivity index (χ2v) is 4.30. The van der Waals surface area contributed by atoms with Gasteiger partial charge in [-0.3, -0.25) is 4.79 Å². The van der Waals surface area contributed by atoms with Crippen LogP contribution in [0.25, 0.3) is 0 Å². The molecular formula is C10H18O2. The summed E-state index contributed by atoms with van der Waals surface area (Å²) in [5, 5.41) is 0. The molecule has 2 nitrogen and oxygen atoms in total. The summed E-state index contributed by atoms with van der Waals surface area (Å²) in [6.07, 6.45) is 0. The summed E-state index contributed by atoms with van der Waals surface area (Å²) in [4.78, 5) is 11.3. The minimum Gasteiger partial charge on any atom is -0.460 e. The third-order valence-electron chi connectivity index (χ3n) is 1.40. The summed E-state index contributed by atoms with van der Waals surface area (Å²) in [6.45, 7) is 14.9. The number of rotatable bonds is 2. The molecular weight excluding hydrogens is 152 g/mol. The number of hydrogen-bond acceptors (Lipinski definition) is 2. The van der Waals surface area contributed by atoms with Gasteiger partial charge in [-0.2, -0.15) is 0 Å². The van der Waals surface area contributed by atoms with Crippen LogP contribution in [-0.4, -0.2) is 11.6 Å². The molecule has 0 amide bonds. The first-order chi connectivity index (χ1) is 5.24. The minimum absolute atomic E-state index is 0.125. The Morgan fingerprint density at radius 2 is 1.75 bits per heavy atom. The Labute approximate surface area is 75.3 Å². The highest BCUT2D eigenvalue weighted by molar-refractivity contribution is 5.73. The van der Waals surface area contributed by atoms with Crippen molar-refractivity contribution >= 4 is 5.97 Å². The number of hydrogen-bond donors (Lipinski definition) is 0. The predicted octanol–water partition coefficient (Wildman–Crippen LogP) is 2.31. The molecule has 12 heavy (non-hydrogen) atoms. The number of ether oxygens (including phenoxy) is 1. The third-order valence-corrected chi connectivity index (χ3v) is 1.40. The van der Waals surface area contributed by atoms with Gasteiger partial charge in [-0.15, -0.1) is 0 Å². The van der Waals surface area contributed by atoms with Crippen LogP contribution < -0.4 is 0 Å². The predicted molar refractivity (Wildman–Crippen MR) is 48.5 cm³/mol. The Bertz CT molecular complexity index is 154. The molecule has 2 radical (unpaired) electrons. The molecule has 0 bridgehead atoms. The first-order valence-corrected chi connectivity index (χ1v) is 4.22. The van der Waals surface area contributed by atoms with Crippen LogP contribution in [0.5, 0.6) is 0 Å². The lowest BCUT2D eigenvalue weighted by atomic mass is 9.98. The zero-order valence-electron chi connectivity index (χ0n) is 8.55. The van der Waals surface area contributed by atoms with Gasteiger partial charge >= 0.3 is 5.97 Å². The van der Waals surface area contributed by atoms with E-state index in [-0.39, 0.29) is 11.9 Å². The van der Waals surface area contributed by atoms with Crippen molar-refractivity contribution in [2.45, 2.75) is 40.2 Å². The molecule has 0 heterocycles. The van der Waals surface area contributed by atoms with E-state index in [4.69, 9.17) is 11.7 Å². The maximum absolute atomic E-state index is 11.3. The fraction of sp³-hybridized carbons (Fsp3) is 0.800. The molecule has 0 spiro atoms. The van der Waals surface area contributed by atoms with Crippen molar-refractivity contribution in [1.29, 1.82) is 0 Å². The summed E-state index contributed by atoms with van der Waals surface area (Å²) in [7, 11) is 0. The highest BCUT2D eigenvalue weighted by Crippen LogP contribution is 2.16. The molecule has 0 aliphatic heterocycles. The van der Waals surface area contributed by atoms with E-state index in [1.807, 2.05) is 34.6 Å². The van der Waals surface area contributed by atoms with Gasteiger partial charge in [0, 0.05) is 0 Å². The molecule has 1 atom stereocenters. The number of carbonyl (C=O) groups excluding carboxylic acids is 1. The molecule has 0 aliphatic rings. The first kappa shape index (κ1) is 11.5. The smallest absolute Gasteiger partial charge is 0.310 e. The van der Waals surface area contributed by atoms with Crippen molar-refractivity contribution < 1.29 is 9.53 Å². The molecule has 0 fully saturated rings. The molecule has 1 unspecified atom stereocenters. The van der Waals surface area contributed by atoms with Crippen LogP contribution >= 0.6 is 0 Å². The highest BCUT2D eigenvalue weighted by Gasteiger charge is 2.23. The van der Waals surface area contributed by atoms with Gasteiger partial charge in [-0.1, -0.05) is 13.8 Å². The molecule has 0 aliphatic carbocycles. The van der Waals surface area contributed by atoms with E-state index in [0.717, 1.165) is 0 Å². The molecule has 0 aromatic heterocycles. The lowest BCUT2D eigenvalue weighted by Crippen LogP contribution is -2.29. The SMILES string of the molecule is [CH]C(C(=O)OC(C)(C)C)C(C)C. The quantitative estimate of drug-likeness (QED) is 0.594. The zero-order chi connectivity index (χ0) is 9.94. The van der Waals surface area contributed by atoms with Crippen molar-refractivity contribution in [3.63, 3.8) is 0 Å². The molecule has 2 heteroatoms. The van der Waals surface area contributed by atoms with Gasteiger partial charge in [0.05, 0.1) is 5.92 Å². The Morgan fingerprint density at radius 1 is 1.33 bits per heavy atom. The van der Waals surface area contributed by atoms with Crippen LogP contribution in [0.1, 0.15) is 34.6 Å². The largest absolute Gasteiger partial charge is 0.460 e.